The molecule has 1 N–H and O–H groups in total. The molecule has 1 aromatic rings. The first-order valence-electron chi connectivity index (χ1n) is 5.63. The van der Waals surface area contributed by atoms with Gasteiger partial charge in [0, 0.05) is 6.04 Å². The van der Waals surface area contributed by atoms with Crippen LogP contribution in [0, 0.1) is 12.7 Å². The number of nitrogens with one attached hydrogen (secondary N) is 1. The largest absolute Gasteiger partial charge is 0.490 e. The van der Waals surface area contributed by atoms with Crippen LogP contribution in [-0.4, -0.2) is 19.2 Å². The average Bonchev–Trinajstić information content (AvgIpc) is 2.22. The van der Waals surface area contributed by atoms with E-state index in [4.69, 9.17) is 4.74 Å². The van der Waals surface area contributed by atoms with Crippen molar-refractivity contribution in [3.63, 3.8) is 0 Å². The molecule has 90 valence electrons. The van der Waals surface area contributed by atoms with Gasteiger partial charge in [0.1, 0.15) is 11.6 Å². The molecule has 16 heavy (non-hydrogen) atoms. The zero-order valence-corrected chi connectivity index (χ0v) is 10.4. The number of hydrogen-bond donors (Lipinski definition) is 1. The van der Waals surface area contributed by atoms with Crippen LogP contribution < -0.4 is 10.1 Å². The fraction of sp³-hybridized carbons (Fsp3) is 0.538. The number of aryl methyl sites for hydroxylation is 1. The van der Waals surface area contributed by atoms with Gasteiger partial charge in [0.2, 0.25) is 0 Å². The highest BCUT2D eigenvalue weighted by atomic mass is 19.1. The van der Waals surface area contributed by atoms with Crippen molar-refractivity contribution in [2.24, 2.45) is 0 Å². The average molecular weight is 225 g/mol. The van der Waals surface area contributed by atoms with Crippen molar-refractivity contribution in [1.29, 1.82) is 0 Å². The minimum atomic E-state index is -0.221. The molecule has 2 nitrogen and oxygen atoms in total. The first kappa shape index (κ1) is 13.0. The van der Waals surface area contributed by atoms with E-state index in [1.807, 2.05) is 20.9 Å². The van der Waals surface area contributed by atoms with E-state index < -0.39 is 0 Å². The Morgan fingerprint density at radius 3 is 2.62 bits per heavy atom. The number of hydrogen-bond acceptors (Lipinski definition) is 2. The Hall–Kier alpha value is -1.09. The fourth-order valence-corrected chi connectivity index (χ4v) is 1.63. The molecule has 0 aliphatic carbocycles. The Morgan fingerprint density at radius 1 is 1.38 bits per heavy atom. The summed E-state index contributed by atoms with van der Waals surface area (Å²) in [5.74, 6) is 0.540. The van der Waals surface area contributed by atoms with E-state index >= 15 is 0 Å². The molecule has 0 amide bonds. The van der Waals surface area contributed by atoms with Crippen LogP contribution in [0.15, 0.2) is 18.2 Å². The minimum Gasteiger partial charge on any atom is -0.490 e. The van der Waals surface area contributed by atoms with Crippen LogP contribution in [0.4, 0.5) is 4.39 Å². The molecule has 1 aromatic carbocycles. The highest BCUT2D eigenvalue weighted by Crippen LogP contribution is 2.20. The van der Waals surface area contributed by atoms with E-state index in [9.17, 15) is 4.39 Å². The number of benzene rings is 1. The smallest absolute Gasteiger partial charge is 0.123 e. The van der Waals surface area contributed by atoms with Gasteiger partial charge in [-0.1, -0.05) is 0 Å². The molecular weight excluding hydrogens is 205 g/mol. The predicted octanol–water partition coefficient (Wildman–Crippen LogP) is 2.90. The van der Waals surface area contributed by atoms with Gasteiger partial charge in [-0.25, -0.2) is 4.39 Å². The van der Waals surface area contributed by atoms with Gasteiger partial charge in [0.25, 0.3) is 0 Å². The maximum atomic E-state index is 12.9. The molecule has 0 fully saturated rings. The maximum absolute atomic E-state index is 12.9. The molecule has 0 bridgehead atoms. The second kappa shape index (κ2) is 5.85. The summed E-state index contributed by atoms with van der Waals surface area (Å²) in [6.45, 7) is 5.99. The summed E-state index contributed by atoms with van der Waals surface area (Å²) < 4.78 is 18.7. The van der Waals surface area contributed by atoms with Crippen LogP contribution >= 0.6 is 0 Å². The van der Waals surface area contributed by atoms with E-state index in [1.54, 1.807) is 6.07 Å². The third kappa shape index (κ3) is 3.81. The summed E-state index contributed by atoms with van der Waals surface area (Å²) in [6.07, 6.45) is 1.04. The van der Waals surface area contributed by atoms with Crippen LogP contribution in [0.1, 0.15) is 25.8 Å². The molecule has 0 aliphatic rings. The first-order valence-corrected chi connectivity index (χ1v) is 5.63. The molecule has 2 unspecified atom stereocenters. The lowest BCUT2D eigenvalue weighted by Gasteiger charge is -2.19. The lowest BCUT2D eigenvalue weighted by Crippen LogP contribution is -2.28. The van der Waals surface area contributed by atoms with Gasteiger partial charge in [0.15, 0.2) is 0 Å². The molecule has 0 saturated heterocycles. The third-order valence-corrected chi connectivity index (χ3v) is 2.64. The molecule has 0 radical (unpaired) electrons. The van der Waals surface area contributed by atoms with Gasteiger partial charge in [-0.15, -0.1) is 0 Å². The Morgan fingerprint density at radius 2 is 2.06 bits per heavy atom. The van der Waals surface area contributed by atoms with Gasteiger partial charge >= 0.3 is 0 Å². The monoisotopic (exact) mass is 225 g/mol. The van der Waals surface area contributed by atoms with Gasteiger partial charge < -0.3 is 10.1 Å². The van der Waals surface area contributed by atoms with Crippen LogP contribution in [0.3, 0.4) is 0 Å². The van der Waals surface area contributed by atoms with Crippen LogP contribution in [0.5, 0.6) is 5.75 Å². The quantitative estimate of drug-likeness (QED) is 0.832. The summed E-state index contributed by atoms with van der Waals surface area (Å²) in [4.78, 5) is 0. The summed E-state index contributed by atoms with van der Waals surface area (Å²) in [5.41, 5.74) is 0.837. The maximum Gasteiger partial charge on any atom is 0.123 e. The van der Waals surface area contributed by atoms with Crippen LogP contribution in [-0.2, 0) is 0 Å². The normalized spacial score (nSPS) is 14.6. The molecular formula is C13H20FNO. The zero-order valence-electron chi connectivity index (χ0n) is 10.4. The van der Waals surface area contributed by atoms with Crippen molar-refractivity contribution in [3.05, 3.63) is 29.6 Å². The lowest BCUT2D eigenvalue weighted by atomic mass is 10.1. The second-order valence-corrected chi connectivity index (χ2v) is 4.26. The van der Waals surface area contributed by atoms with Crippen molar-refractivity contribution in [3.8, 4) is 5.75 Å². The number of halogens is 1. The second-order valence-electron chi connectivity index (χ2n) is 4.26. The predicted molar refractivity (Wildman–Crippen MR) is 64.4 cm³/mol. The van der Waals surface area contributed by atoms with Crippen molar-refractivity contribution in [2.75, 3.05) is 7.05 Å². The summed E-state index contributed by atoms with van der Waals surface area (Å²) >= 11 is 0. The van der Waals surface area contributed by atoms with Crippen molar-refractivity contribution >= 4 is 0 Å². The Kier molecular flexibility index (Phi) is 4.74. The fourth-order valence-electron chi connectivity index (χ4n) is 1.63. The molecule has 0 aromatic heterocycles. The molecule has 0 heterocycles. The van der Waals surface area contributed by atoms with Gasteiger partial charge in [-0.05, 0) is 58.0 Å². The third-order valence-electron chi connectivity index (χ3n) is 2.64. The Bertz CT molecular complexity index is 341. The Balaban J connectivity index is 2.59. The van der Waals surface area contributed by atoms with Crippen molar-refractivity contribution in [1.82, 2.24) is 5.32 Å². The first-order chi connectivity index (χ1) is 7.52. The molecule has 0 spiro atoms. The summed E-state index contributed by atoms with van der Waals surface area (Å²) in [6, 6.07) is 5.02. The number of rotatable bonds is 5. The topological polar surface area (TPSA) is 21.3 Å². The van der Waals surface area contributed by atoms with Gasteiger partial charge in [-0.3, -0.25) is 0 Å². The molecule has 0 saturated carbocycles. The van der Waals surface area contributed by atoms with E-state index in [0.29, 0.717) is 6.04 Å². The molecule has 1 rings (SSSR count). The standard InChI is InChI=1S/C13H20FNO/c1-9-7-12(14)5-6-13(9)16-11(3)8-10(2)15-4/h5-7,10-11,15H,8H2,1-4H3. The van der Waals surface area contributed by atoms with E-state index in [-0.39, 0.29) is 11.9 Å². The highest BCUT2D eigenvalue weighted by Gasteiger charge is 2.10. The SMILES string of the molecule is CNC(C)CC(C)Oc1ccc(F)cc1C. The van der Waals surface area contributed by atoms with Crippen LogP contribution in [0.2, 0.25) is 0 Å². The van der Waals surface area contributed by atoms with Gasteiger partial charge in [-0.2, -0.15) is 0 Å². The molecule has 2 atom stereocenters. The van der Waals surface area contributed by atoms with Crippen molar-refractivity contribution in [2.45, 2.75) is 39.3 Å². The van der Waals surface area contributed by atoms with E-state index in [1.165, 1.54) is 12.1 Å². The summed E-state index contributed by atoms with van der Waals surface area (Å²) in [5, 5.41) is 3.17. The van der Waals surface area contributed by atoms with Crippen LogP contribution in [0.25, 0.3) is 0 Å². The minimum absolute atomic E-state index is 0.117. The van der Waals surface area contributed by atoms with Gasteiger partial charge in [0.05, 0.1) is 6.10 Å². The lowest BCUT2D eigenvalue weighted by molar-refractivity contribution is 0.196. The highest BCUT2D eigenvalue weighted by molar-refractivity contribution is 5.32. The summed E-state index contributed by atoms with van der Waals surface area (Å²) in [7, 11) is 1.93. The Labute approximate surface area is 96.8 Å². The molecule has 3 heteroatoms. The van der Waals surface area contributed by atoms with E-state index in [2.05, 4.69) is 12.2 Å². The van der Waals surface area contributed by atoms with E-state index in [0.717, 1.165) is 17.7 Å². The van der Waals surface area contributed by atoms with Crippen molar-refractivity contribution < 1.29 is 9.13 Å². The molecule has 0 aliphatic heterocycles. The number of ether oxygens (including phenoxy) is 1. The zero-order chi connectivity index (χ0) is 12.1.